The average molecular weight is 305 g/mol. The summed E-state index contributed by atoms with van der Waals surface area (Å²) >= 11 is 1.40. The number of thiophene rings is 1. The molecule has 0 bridgehead atoms. The molecule has 108 valence electrons. The standard InChI is InChI=1S/C13H11N3O4S/c17-5-1-2-10-3-4-11(21-10)8-15-13(18)12-6-9(7-14-12)16(19)20/h3-4,6-7,14,17H,5,8H2,(H,15,18). The molecule has 0 fully saturated rings. The van der Waals surface area contributed by atoms with E-state index in [2.05, 4.69) is 22.1 Å². The zero-order valence-corrected chi connectivity index (χ0v) is 11.6. The molecule has 7 nitrogen and oxygen atoms in total. The molecule has 0 aliphatic rings. The highest BCUT2D eigenvalue weighted by molar-refractivity contribution is 7.12. The number of aromatic nitrogens is 1. The van der Waals surface area contributed by atoms with Crippen molar-refractivity contribution in [3.63, 3.8) is 0 Å². The molecule has 0 atom stereocenters. The average Bonchev–Trinajstić information content (AvgIpc) is 3.11. The Morgan fingerprint density at radius 1 is 1.52 bits per heavy atom. The highest BCUT2D eigenvalue weighted by atomic mass is 32.1. The van der Waals surface area contributed by atoms with Crippen LogP contribution in [-0.2, 0) is 6.54 Å². The number of nitro groups is 1. The van der Waals surface area contributed by atoms with Crippen LogP contribution in [0.5, 0.6) is 0 Å². The van der Waals surface area contributed by atoms with Gasteiger partial charge in [-0.25, -0.2) is 0 Å². The minimum atomic E-state index is -0.571. The summed E-state index contributed by atoms with van der Waals surface area (Å²) in [6.07, 6.45) is 1.17. The normalized spacial score (nSPS) is 9.76. The van der Waals surface area contributed by atoms with Crippen LogP contribution in [0.15, 0.2) is 24.4 Å². The molecule has 8 heteroatoms. The van der Waals surface area contributed by atoms with E-state index >= 15 is 0 Å². The van der Waals surface area contributed by atoms with Crippen LogP contribution in [0.2, 0.25) is 0 Å². The monoisotopic (exact) mass is 305 g/mol. The third-order valence-corrected chi connectivity index (χ3v) is 3.50. The Hall–Kier alpha value is -2.63. The topological polar surface area (TPSA) is 108 Å². The van der Waals surface area contributed by atoms with Gasteiger partial charge in [0.2, 0.25) is 0 Å². The Labute approximate surface area is 123 Å². The number of amides is 1. The second-order valence-electron chi connectivity index (χ2n) is 3.94. The maximum atomic E-state index is 11.8. The number of H-pyrrole nitrogens is 1. The lowest BCUT2D eigenvalue weighted by Crippen LogP contribution is -2.22. The van der Waals surface area contributed by atoms with Crippen molar-refractivity contribution >= 4 is 22.9 Å². The number of hydrogen-bond donors (Lipinski definition) is 3. The first-order valence-electron chi connectivity index (χ1n) is 5.89. The Morgan fingerprint density at radius 2 is 2.33 bits per heavy atom. The summed E-state index contributed by atoms with van der Waals surface area (Å²) in [6.45, 7) is 0.104. The highest BCUT2D eigenvalue weighted by Gasteiger charge is 2.14. The molecular weight excluding hydrogens is 294 g/mol. The fourth-order valence-corrected chi connectivity index (χ4v) is 2.37. The van der Waals surface area contributed by atoms with Gasteiger partial charge < -0.3 is 15.4 Å². The van der Waals surface area contributed by atoms with Gasteiger partial charge in [-0.1, -0.05) is 11.8 Å². The van der Waals surface area contributed by atoms with Gasteiger partial charge in [0.25, 0.3) is 11.6 Å². The summed E-state index contributed by atoms with van der Waals surface area (Å²) in [7, 11) is 0. The number of nitrogens with zero attached hydrogens (tertiary/aromatic N) is 1. The Morgan fingerprint density at radius 3 is 3.00 bits per heavy atom. The van der Waals surface area contributed by atoms with Crippen molar-refractivity contribution < 1.29 is 14.8 Å². The number of carbonyl (C=O) groups excluding carboxylic acids is 1. The Kier molecular flexibility index (Phi) is 4.71. The van der Waals surface area contributed by atoms with Gasteiger partial charge in [0.05, 0.1) is 22.5 Å². The van der Waals surface area contributed by atoms with E-state index in [0.29, 0.717) is 6.54 Å². The van der Waals surface area contributed by atoms with Crippen molar-refractivity contribution in [2.75, 3.05) is 6.61 Å². The van der Waals surface area contributed by atoms with Crippen molar-refractivity contribution in [2.24, 2.45) is 0 Å². The first kappa shape index (κ1) is 14.8. The predicted molar refractivity (Wildman–Crippen MR) is 76.9 cm³/mol. The molecule has 2 heterocycles. The molecule has 0 spiro atoms. The van der Waals surface area contributed by atoms with E-state index in [0.717, 1.165) is 9.75 Å². The van der Waals surface area contributed by atoms with E-state index in [1.807, 2.05) is 6.07 Å². The van der Waals surface area contributed by atoms with Gasteiger partial charge in [-0.2, -0.15) is 0 Å². The molecule has 1 amide bonds. The van der Waals surface area contributed by atoms with Crippen molar-refractivity contribution in [1.82, 2.24) is 10.3 Å². The maximum Gasteiger partial charge on any atom is 0.287 e. The van der Waals surface area contributed by atoms with Crippen LogP contribution in [0, 0.1) is 22.0 Å². The van der Waals surface area contributed by atoms with E-state index < -0.39 is 10.8 Å². The Bertz CT molecular complexity index is 723. The zero-order valence-electron chi connectivity index (χ0n) is 10.8. The highest BCUT2D eigenvalue weighted by Crippen LogP contribution is 2.16. The van der Waals surface area contributed by atoms with E-state index in [1.54, 1.807) is 6.07 Å². The first-order valence-corrected chi connectivity index (χ1v) is 6.71. The van der Waals surface area contributed by atoms with E-state index in [1.165, 1.54) is 23.6 Å². The third-order valence-electron chi connectivity index (χ3n) is 2.50. The minimum Gasteiger partial charge on any atom is -0.384 e. The number of hydrogen-bond acceptors (Lipinski definition) is 5. The molecule has 2 aromatic rings. The third kappa shape index (κ3) is 3.92. The second-order valence-corrected chi connectivity index (χ2v) is 5.11. The van der Waals surface area contributed by atoms with Gasteiger partial charge in [0.15, 0.2) is 0 Å². The summed E-state index contributed by atoms with van der Waals surface area (Å²) < 4.78 is 0. The fraction of sp³-hybridized carbons (Fsp3) is 0.154. The smallest absolute Gasteiger partial charge is 0.287 e. The number of nitrogens with one attached hydrogen (secondary N) is 2. The van der Waals surface area contributed by atoms with Crippen molar-refractivity contribution in [2.45, 2.75) is 6.54 Å². The van der Waals surface area contributed by atoms with Crippen LogP contribution in [0.25, 0.3) is 0 Å². The molecule has 2 aromatic heterocycles. The molecular formula is C13H11N3O4S. The van der Waals surface area contributed by atoms with Crippen LogP contribution < -0.4 is 5.32 Å². The zero-order chi connectivity index (χ0) is 15.2. The van der Waals surface area contributed by atoms with Gasteiger partial charge in [-0.3, -0.25) is 14.9 Å². The molecule has 0 radical (unpaired) electrons. The molecule has 0 aromatic carbocycles. The summed E-state index contributed by atoms with van der Waals surface area (Å²) in [5.74, 6) is 4.90. The predicted octanol–water partition coefficient (Wildman–Crippen LogP) is 1.26. The summed E-state index contributed by atoms with van der Waals surface area (Å²) in [6, 6.07) is 4.81. The Balaban J connectivity index is 1.94. The number of aliphatic hydroxyl groups is 1. The SMILES string of the molecule is O=C(NCc1ccc(C#CCO)s1)c1cc([N+](=O)[O-])c[nH]1. The number of rotatable bonds is 4. The maximum absolute atomic E-state index is 11.8. The number of carbonyl (C=O) groups is 1. The summed E-state index contributed by atoms with van der Waals surface area (Å²) in [4.78, 5) is 26.0. The van der Waals surface area contributed by atoms with E-state index in [-0.39, 0.29) is 18.0 Å². The van der Waals surface area contributed by atoms with Crippen LogP contribution in [0.4, 0.5) is 5.69 Å². The molecule has 21 heavy (non-hydrogen) atoms. The van der Waals surface area contributed by atoms with Gasteiger partial charge in [-0.05, 0) is 12.1 Å². The van der Waals surface area contributed by atoms with Crippen LogP contribution in [0.3, 0.4) is 0 Å². The largest absolute Gasteiger partial charge is 0.384 e. The van der Waals surface area contributed by atoms with Crippen molar-refractivity contribution in [1.29, 1.82) is 0 Å². The fourth-order valence-electron chi connectivity index (χ4n) is 1.55. The van der Waals surface area contributed by atoms with Gasteiger partial charge >= 0.3 is 0 Å². The van der Waals surface area contributed by atoms with Crippen LogP contribution >= 0.6 is 11.3 Å². The molecule has 2 rings (SSSR count). The number of aliphatic hydroxyl groups excluding tert-OH is 1. The van der Waals surface area contributed by atoms with Crippen LogP contribution in [-0.4, -0.2) is 27.5 Å². The lowest BCUT2D eigenvalue weighted by Gasteiger charge is -2.00. The lowest BCUT2D eigenvalue weighted by atomic mass is 10.3. The molecule has 0 aliphatic carbocycles. The molecule has 0 unspecified atom stereocenters. The summed E-state index contributed by atoms with van der Waals surface area (Å²) in [5.41, 5.74) is -0.0172. The first-order chi connectivity index (χ1) is 10.1. The lowest BCUT2D eigenvalue weighted by molar-refractivity contribution is -0.384. The number of aromatic amines is 1. The molecule has 0 saturated carbocycles. The molecule has 0 aliphatic heterocycles. The van der Waals surface area contributed by atoms with E-state index in [9.17, 15) is 14.9 Å². The van der Waals surface area contributed by atoms with Crippen molar-refractivity contribution in [3.8, 4) is 11.8 Å². The molecule has 0 saturated heterocycles. The van der Waals surface area contributed by atoms with Gasteiger partial charge in [0, 0.05) is 10.9 Å². The minimum absolute atomic E-state index is 0.138. The van der Waals surface area contributed by atoms with Gasteiger partial charge in [0.1, 0.15) is 12.3 Å². The van der Waals surface area contributed by atoms with Gasteiger partial charge in [-0.15, -0.1) is 11.3 Å². The molecule has 3 N–H and O–H groups in total. The quantitative estimate of drug-likeness (QED) is 0.449. The van der Waals surface area contributed by atoms with Crippen LogP contribution in [0.1, 0.15) is 20.2 Å². The second kappa shape index (κ2) is 6.69. The summed E-state index contributed by atoms with van der Waals surface area (Å²) in [5, 5.41) is 21.8. The van der Waals surface area contributed by atoms with E-state index in [4.69, 9.17) is 5.11 Å². The van der Waals surface area contributed by atoms with Crippen molar-refractivity contribution in [3.05, 3.63) is 50.0 Å².